The average Bonchev–Trinajstić information content (AvgIpc) is 2.30. The van der Waals surface area contributed by atoms with E-state index in [0.29, 0.717) is 6.04 Å². The normalized spacial score (nSPS) is 13.0. The molecule has 0 saturated carbocycles. The smallest absolute Gasteiger partial charge is 0.106 e. The molecule has 0 radical (unpaired) electrons. The van der Waals surface area contributed by atoms with Gasteiger partial charge in [-0.2, -0.15) is 0 Å². The van der Waals surface area contributed by atoms with Crippen LogP contribution in [-0.4, -0.2) is 9.55 Å². The van der Waals surface area contributed by atoms with Gasteiger partial charge in [-0.05, 0) is 29.8 Å². The predicted molar refractivity (Wildman–Crippen MR) is 49.6 cm³/mol. The number of hydrogen-bond acceptors (Lipinski definition) is 1. The van der Waals surface area contributed by atoms with Gasteiger partial charge in [0.05, 0.1) is 12.2 Å². The summed E-state index contributed by atoms with van der Waals surface area (Å²) in [5.74, 6) is 1.00. The molecule has 3 heteroatoms. The van der Waals surface area contributed by atoms with Crippen molar-refractivity contribution in [3.05, 3.63) is 29.3 Å². The van der Waals surface area contributed by atoms with Gasteiger partial charge in [-0.3, -0.25) is 0 Å². The largest absolute Gasteiger partial charge is 0.316 e. The quantitative estimate of drug-likeness (QED) is 0.693. The highest BCUT2D eigenvalue weighted by atomic mass is 79.9. The summed E-state index contributed by atoms with van der Waals surface area (Å²) in [7, 11) is 0. The maximum Gasteiger partial charge on any atom is 0.106 e. The lowest BCUT2D eigenvalue weighted by Gasteiger charge is -2.10. The van der Waals surface area contributed by atoms with Crippen LogP contribution in [-0.2, 0) is 0 Å². The second kappa shape index (κ2) is 3.22. The molecule has 0 N–H and O–H groups in total. The molecule has 1 rings (SSSR count). The Balaban J connectivity index is 3.09. The second-order valence-electron chi connectivity index (χ2n) is 2.47. The minimum Gasteiger partial charge on any atom is -0.316 e. The number of aryl methyl sites for hydroxylation is 1. The van der Waals surface area contributed by atoms with Crippen molar-refractivity contribution >= 4 is 15.9 Å². The Morgan fingerprint density at radius 2 is 2.45 bits per heavy atom. The molecular weight excluding hydrogens is 204 g/mol. The van der Waals surface area contributed by atoms with Crippen molar-refractivity contribution in [2.45, 2.75) is 19.9 Å². The summed E-state index contributed by atoms with van der Waals surface area (Å²) in [5, 5.41) is 0. The summed E-state index contributed by atoms with van der Waals surface area (Å²) in [6.45, 7) is 7.78. The van der Waals surface area contributed by atoms with Gasteiger partial charge >= 0.3 is 0 Å². The van der Waals surface area contributed by atoms with E-state index in [1.807, 2.05) is 13.0 Å². The van der Waals surface area contributed by atoms with Crippen LogP contribution >= 0.6 is 15.9 Å². The summed E-state index contributed by atoms with van der Waals surface area (Å²) < 4.78 is 3.08. The second-order valence-corrected chi connectivity index (χ2v) is 3.29. The van der Waals surface area contributed by atoms with E-state index in [1.54, 1.807) is 6.20 Å². The number of aromatic nitrogens is 2. The third-order valence-electron chi connectivity index (χ3n) is 1.69. The molecule has 0 aliphatic rings. The van der Waals surface area contributed by atoms with Crippen LogP contribution in [0.2, 0.25) is 0 Å². The van der Waals surface area contributed by atoms with Crippen LogP contribution < -0.4 is 0 Å². The van der Waals surface area contributed by atoms with Gasteiger partial charge in [0.25, 0.3) is 0 Å². The molecule has 0 bridgehead atoms. The highest BCUT2D eigenvalue weighted by Crippen LogP contribution is 2.18. The molecule has 2 nitrogen and oxygen atoms in total. The highest BCUT2D eigenvalue weighted by molar-refractivity contribution is 9.10. The number of allylic oxidation sites excluding steroid dienone is 1. The van der Waals surface area contributed by atoms with Crippen LogP contribution in [0.25, 0.3) is 0 Å². The Labute approximate surface area is 75.1 Å². The molecule has 1 atom stereocenters. The molecule has 1 unspecified atom stereocenters. The molecule has 0 amide bonds. The Kier molecular flexibility index (Phi) is 2.49. The fraction of sp³-hybridized carbons (Fsp3) is 0.375. The van der Waals surface area contributed by atoms with Gasteiger partial charge in [-0.1, -0.05) is 6.08 Å². The standard InChI is InChI=1S/C8H11BrN2/c1-4-6(2)11-7(3)10-5-8(11)9/h4-6H,1H2,2-3H3. The Morgan fingerprint density at radius 3 is 2.82 bits per heavy atom. The molecule has 0 saturated heterocycles. The monoisotopic (exact) mass is 214 g/mol. The molecule has 11 heavy (non-hydrogen) atoms. The number of nitrogens with zero attached hydrogens (tertiary/aromatic N) is 2. The van der Waals surface area contributed by atoms with Crippen molar-refractivity contribution in [1.82, 2.24) is 9.55 Å². The third-order valence-corrected chi connectivity index (χ3v) is 2.27. The van der Waals surface area contributed by atoms with Crippen molar-refractivity contribution in [1.29, 1.82) is 0 Å². The van der Waals surface area contributed by atoms with E-state index in [1.165, 1.54) is 0 Å². The van der Waals surface area contributed by atoms with Crippen molar-refractivity contribution < 1.29 is 0 Å². The van der Waals surface area contributed by atoms with E-state index in [0.717, 1.165) is 10.4 Å². The fourth-order valence-electron chi connectivity index (χ4n) is 1.02. The zero-order valence-corrected chi connectivity index (χ0v) is 8.30. The van der Waals surface area contributed by atoms with Crippen LogP contribution in [0.4, 0.5) is 0 Å². The molecule has 0 aromatic carbocycles. The first-order chi connectivity index (χ1) is 5.16. The summed E-state index contributed by atoms with van der Waals surface area (Å²) in [6.07, 6.45) is 3.69. The maximum atomic E-state index is 4.15. The predicted octanol–water partition coefficient (Wildman–Crippen LogP) is 2.70. The molecule has 0 aliphatic heterocycles. The van der Waals surface area contributed by atoms with E-state index < -0.39 is 0 Å². The van der Waals surface area contributed by atoms with Gasteiger partial charge < -0.3 is 4.57 Å². The zero-order valence-electron chi connectivity index (χ0n) is 6.71. The minimum absolute atomic E-state index is 0.298. The van der Waals surface area contributed by atoms with E-state index >= 15 is 0 Å². The molecule has 60 valence electrons. The van der Waals surface area contributed by atoms with Gasteiger partial charge in [-0.25, -0.2) is 4.98 Å². The number of halogens is 1. The SMILES string of the molecule is C=CC(C)n1c(Br)cnc1C. The van der Waals surface area contributed by atoms with Crippen molar-refractivity contribution in [2.24, 2.45) is 0 Å². The fourth-order valence-corrected chi connectivity index (χ4v) is 1.70. The minimum atomic E-state index is 0.298. The lowest BCUT2D eigenvalue weighted by atomic mass is 10.3. The summed E-state index contributed by atoms with van der Waals surface area (Å²) in [4.78, 5) is 4.15. The lowest BCUT2D eigenvalue weighted by molar-refractivity contribution is 0.628. The summed E-state index contributed by atoms with van der Waals surface area (Å²) in [6, 6.07) is 0.298. The van der Waals surface area contributed by atoms with E-state index in [4.69, 9.17) is 0 Å². The first kappa shape index (κ1) is 8.53. The molecule has 0 fully saturated rings. The van der Waals surface area contributed by atoms with Crippen LogP contribution in [0.15, 0.2) is 23.5 Å². The average molecular weight is 215 g/mol. The molecular formula is C8H11BrN2. The van der Waals surface area contributed by atoms with Gasteiger partial charge in [-0.15, -0.1) is 6.58 Å². The Morgan fingerprint density at radius 1 is 1.82 bits per heavy atom. The molecule has 0 aliphatic carbocycles. The van der Waals surface area contributed by atoms with E-state index in [-0.39, 0.29) is 0 Å². The highest BCUT2D eigenvalue weighted by Gasteiger charge is 2.06. The topological polar surface area (TPSA) is 17.8 Å². The number of hydrogen-bond donors (Lipinski definition) is 0. The number of rotatable bonds is 2. The molecule has 1 heterocycles. The maximum absolute atomic E-state index is 4.15. The van der Waals surface area contributed by atoms with Crippen molar-refractivity contribution in [3.63, 3.8) is 0 Å². The first-order valence-corrected chi connectivity index (χ1v) is 4.28. The van der Waals surface area contributed by atoms with Gasteiger partial charge in [0.1, 0.15) is 10.4 Å². The Hall–Kier alpha value is -0.570. The van der Waals surface area contributed by atoms with E-state index in [2.05, 4.69) is 39.0 Å². The van der Waals surface area contributed by atoms with Gasteiger partial charge in [0, 0.05) is 0 Å². The van der Waals surface area contributed by atoms with Gasteiger partial charge in [0.2, 0.25) is 0 Å². The molecule has 1 aromatic heterocycles. The lowest BCUT2D eigenvalue weighted by Crippen LogP contribution is -2.04. The van der Waals surface area contributed by atoms with Crippen LogP contribution in [0.5, 0.6) is 0 Å². The van der Waals surface area contributed by atoms with Crippen LogP contribution in [0.1, 0.15) is 18.8 Å². The molecule has 1 aromatic rings. The first-order valence-electron chi connectivity index (χ1n) is 3.48. The van der Waals surface area contributed by atoms with Crippen LogP contribution in [0.3, 0.4) is 0 Å². The van der Waals surface area contributed by atoms with E-state index in [9.17, 15) is 0 Å². The zero-order chi connectivity index (χ0) is 8.43. The molecule has 0 spiro atoms. The summed E-state index contributed by atoms with van der Waals surface area (Å²) in [5.41, 5.74) is 0. The van der Waals surface area contributed by atoms with Crippen molar-refractivity contribution in [2.75, 3.05) is 0 Å². The third kappa shape index (κ3) is 1.53. The van der Waals surface area contributed by atoms with Crippen molar-refractivity contribution in [3.8, 4) is 0 Å². The number of imidazole rings is 1. The van der Waals surface area contributed by atoms with Gasteiger partial charge in [0.15, 0.2) is 0 Å². The summed E-state index contributed by atoms with van der Waals surface area (Å²) >= 11 is 3.41. The van der Waals surface area contributed by atoms with Crippen LogP contribution in [0, 0.1) is 6.92 Å². The Bertz CT molecular complexity index is 246.